The monoisotopic (exact) mass is 272 g/mol. The van der Waals surface area contributed by atoms with Crippen molar-refractivity contribution in [3.05, 3.63) is 0 Å². The SMILES string of the molecule is CCOC(=O)C1CNCCN1C(=O)CC(C)(C)OC. The molecule has 1 N–H and O–H groups in total. The number of nitrogens with zero attached hydrogens (tertiary/aromatic N) is 1. The van der Waals surface area contributed by atoms with Gasteiger partial charge in [0.05, 0.1) is 18.6 Å². The number of ether oxygens (including phenoxy) is 2. The summed E-state index contributed by atoms with van der Waals surface area (Å²) in [5, 5.41) is 3.11. The van der Waals surface area contributed by atoms with Crippen molar-refractivity contribution in [3.63, 3.8) is 0 Å². The van der Waals surface area contributed by atoms with E-state index in [1.54, 1.807) is 18.9 Å². The van der Waals surface area contributed by atoms with E-state index in [0.29, 0.717) is 26.2 Å². The van der Waals surface area contributed by atoms with Gasteiger partial charge in [-0.3, -0.25) is 4.79 Å². The zero-order chi connectivity index (χ0) is 14.5. The third-order valence-corrected chi connectivity index (χ3v) is 3.25. The maximum Gasteiger partial charge on any atom is 0.330 e. The Kier molecular flexibility index (Phi) is 5.75. The van der Waals surface area contributed by atoms with Gasteiger partial charge in [0.15, 0.2) is 0 Å². The fourth-order valence-corrected chi connectivity index (χ4v) is 1.99. The van der Waals surface area contributed by atoms with Crippen LogP contribution in [0.4, 0.5) is 0 Å². The van der Waals surface area contributed by atoms with E-state index in [4.69, 9.17) is 9.47 Å². The number of piperazine rings is 1. The normalized spacial score (nSPS) is 20.2. The van der Waals surface area contributed by atoms with Crippen molar-refractivity contribution in [2.24, 2.45) is 0 Å². The fourth-order valence-electron chi connectivity index (χ4n) is 1.99. The maximum absolute atomic E-state index is 12.3. The largest absolute Gasteiger partial charge is 0.464 e. The van der Waals surface area contributed by atoms with Crippen molar-refractivity contribution in [2.45, 2.75) is 38.8 Å². The summed E-state index contributed by atoms with van der Waals surface area (Å²) in [6, 6.07) is -0.533. The molecule has 6 heteroatoms. The zero-order valence-corrected chi connectivity index (χ0v) is 12.2. The van der Waals surface area contributed by atoms with Crippen LogP contribution < -0.4 is 5.32 Å². The Morgan fingerprint density at radius 1 is 1.42 bits per heavy atom. The molecule has 19 heavy (non-hydrogen) atoms. The Balaban J connectivity index is 2.71. The minimum Gasteiger partial charge on any atom is -0.464 e. The number of esters is 1. The molecule has 1 rings (SSSR count). The fraction of sp³-hybridized carbons (Fsp3) is 0.846. The lowest BCUT2D eigenvalue weighted by molar-refractivity contribution is -0.157. The molecule has 0 saturated carbocycles. The Morgan fingerprint density at radius 3 is 2.68 bits per heavy atom. The molecule has 1 unspecified atom stereocenters. The van der Waals surface area contributed by atoms with Crippen molar-refractivity contribution in [2.75, 3.05) is 33.4 Å². The summed E-state index contributed by atoms with van der Waals surface area (Å²) in [4.78, 5) is 25.8. The molecule has 0 bridgehead atoms. The van der Waals surface area contributed by atoms with Gasteiger partial charge < -0.3 is 19.7 Å². The van der Waals surface area contributed by atoms with Crippen LogP contribution in [0.1, 0.15) is 27.2 Å². The molecular weight excluding hydrogens is 248 g/mol. The second-order valence-electron chi connectivity index (χ2n) is 5.20. The maximum atomic E-state index is 12.3. The highest BCUT2D eigenvalue weighted by atomic mass is 16.5. The quantitative estimate of drug-likeness (QED) is 0.722. The van der Waals surface area contributed by atoms with Crippen molar-refractivity contribution >= 4 is 11.9 Å². The average molecular weight is 272 g/mol. The van der Waals surface area contributed by atoms with Crippen molar-refractivity contribution in [3.8, 4) is 0 Å². The number of hydrogen-bond donors (Lipinski definition) is 1. The second kappa shape index (κ2) is 6.86. The first kappa shape index (κ1) is 15.9. The molecule has 0 aliphatic carbocycles. The number of methoxy groups -OCH3 is 1. The molecule has 0 spiro atoms. The molecule has 1 amide bonds. The Labute approximate surface area is 114 Å². The van der Waals surface area contributed by atoms with Gasteiger partial charge in [0, 0.05) is 26.7 Å². The molecule has 0 radical (unpaired) electrons. The summed E-state index contributed by atoms with van der Waals surface area (Å²) < 4.78 is 10.3. The number of carbonyl (C=O) groups excluding carboxylic acids is 2. The standard InChI is InChI=1S/C13H24N2O4/c1-5-19-12(17)10-9-14-6-7-15(10)11(16)8-13(2,3)18-4/h10,14H,5-9H2,1-4H3. The lowest BCUT2D eigenvalue weighted by Crippen LogP contribution is -2.58. The minimum atomic E-state index is -0.533. The number of carbonyl (C=O) groups is 2. The molecule has 1 aliphatic heterocycles. The van der Waals surface area contributed by atoms with Gasteiger partial charge in [-0.25, -0.2) is 4.79 Å². The van der Waals surface area contributed by atoms with Gasteiger partial charge in [0.25, 0.3) is 0 Å². The second-order valence-corrected chi connectivity index (χ2v) is 5.20. The highest BCUT2D eigenvalue weighted by molar-refractivity contribution is 5.85. The number of rotatable bonds is 5. The Hall–Kier alpha value is -1.14. The summed E-state index contributed by atoms with van der Waals surface area (Å²) in [5.74, 6) is -0.426. The molecule has 1 saturated heterocycles. The van der Waals surface area contributed by atoms with E-state index in [9.17, 15) is 9.59 Å². The molecule has 1 heterocycles. The zero-order valence-electron chi connectivity index (χ0n) is 12.2. The number of nitrogens with one attached hydrogen (secondary N) is 1. The smallest absolute Gasteiger partial charge is 0.330 e. The molecular formula is C13H24N2O4. The van der Waals surface area contributed by atoms with Crippen LogP contribution in [-0.4, -0.2) is 61.8 Å². The van der Waals surface area contributed by atoms with E-state index in [2.05, 4.69) is 5.32 Å². The Bertz CT molecular complexity index is 331. The summed E-state index contributed by atoms with van der Waals surface area (Å²) in [7, 11) is 1.58. The van der Waals surface area contributed by atoms with Crippen LogP contribution in [-0.2, 0) is 19.1 Å². The van der Waals surface area contributed by atoms with Gasteiger partial charge in [-0.1, -0.05) is 0 Å². The highest BCUT2D eigenvalue weighted by Gasteiger charge is 2.35. The third kappa shape index (κ3) is 4.47. The van der Waals surface area contributed by atoms with Crippen LogP contribution in [0, 0.1) is 0 Å². The predicted octanol–water partition coefficient (Wildman–Crippen LogP) is 0.165. The molecule has 1 fully saturated rings. The lowest BCUT2D eigenvalue weighted by atomic mass is 10.0. The molecule has 6 nitrogen and oxygen atoms in total. The topological polar surface area (TPSA) is 67.9 Å². The van der Waals surface area contributed by atoms with Crippen LogP contribution >= 0.6 is 0 Å². The minimum absolute atomic E-state index is 0.0774. The van der Waals surface area contributed by atoms with E-state index in [0.717, 1.165) is 0 Å². The van der Waals surface area contributed by atoms with Crippen molar-refractivity contribution < 1.29 is 19.1 Å². The number of hydrogen-bond acceptors (Lipinski definition) is 5. The van der Waals surface area contributed by atoms with E-state index < -0.39 is 11.6 Å². The molecule has 1 aliphatic rings. The third-order valence-electron chi connectivity index (χ3n) is 3.25. The predicted molar refractivity (Wildman–Crippen MR) is 70.7 cm³/mol. The molecule has 0 aromatic heterocycles. The van der Waals surface area contributed by atoms with E-state index in [1.807, 2.05) is 13.8 Å². The summed E-state index contributed by atoms with van der Waals surface area (Å²) in [6.45, 7) is 7.43. The van der Waals surface area contributed by atoms with E-state index >= 15 is 0 Å². The van der Waals surface area contributed by atoms with Crippen LogP contribution in [0.3, 0.4) is 0 Å². The lowest BCUT2D eigenvalue weighted by Gasteiger charge is -2.36. The van der Waals surface area contributed by atoms with Crippen LogP contribution in [0.2, 0.25) is 0 Å². The molecule has 1 atom stereocenters. The van der Waals surface area contributed by atoms with Gasteiger partial charge in [0.2, 0.25) is 5.91 Å². The summed E-state index contributed by atoms with van der Waals surface area (Å²) >= 11 is 0. The molecule has 110 valence electrons. The molecule has 0 aromatic rings. The van der Waals surface area contributed by atoms with E-state index in [1.165, 1.54) is 0 Å². The van der Waals surface area contributed by atoms with Gasteiger partial charge in [0.1, 0.15) is 6.04 Å². The van der Waals surface area contributed by atoms with Crippen LogP contribution in [0.25, 0.3) is 0 Å². The van der Waals surface area contributed by atoms with E-state index in [-0.39, 0.29) is 18.3 Å². The van der Waals surface area contributed by atoms with Gasteiger partial charge in [-0.15, -0.1) is 0 Å². The summed E-state index contributed by atoms with van der Waals surface area (Å²) in [6.07, 6.45) is 0.249. The average Bonchev–Trinajstić information content (AvgIpc) is 2.38. The molecule has 0 aromatic carbocycles. The van der Waals surface area contributed by atoms with Crippen LogP contribution in [0.5, 0.6) is 0 Å². The Morgan fingerprint density at radius 2 is 2.11 bits per heavy atom. The van der Waals surface area contributed by atoms with Gasteiger partial charge in [-0.2, -0.15) is 0 Å². The first-order chi connectivity index (χ1) is 8.91. The van der Waals surface area contributed by atoms with Crippen molar-refractivity contribution in [1.82, 2.24) is 10.2 Å². The van der Waals surface area contributed by atoms with Gasteiger partial charge >= 0.3 is 5.97 Å². The first-order valence-electron chi connectivity index (χ1n) is 6.63. The highest BCUT2D eigenvalue weighted by Crippen LogP contribution is 2.17. The summed E-state index contributed by atoms with van der Waals surface area (Å²) in [5.41, 5.74) is -0.527. The van der Waals surface area contributed by atoms with Crippen molar-refractivity contribution in [1.29, 1.82) is 0 Å². The van der Waals surface area contributed by atoms with Gasteiger partial charge in [-0.05, 0) is 20.8 Å². The van der Waals surface area contributed by atoms with Crippen LogP contribution in [0.15, 0.2) is 0 Å². The first-order valence-corrected chi connectivity index (χ1v) is 6.63. The number of amides is 1.